The van der Waals surface area contributed by atoms with Crippen LogP contribution in [0.15, 0.2) is 42.5 Å². The Balaban J connectivity index is 1.92. The number of phenols is 1. The lowest BCUT2D eigenvalue weighted by atomic mass is 9.98. The predicted octanol–water partition coefficient (Wildman–Crippen LogP) is 3.52. The molecule has 132 valence electrons. The highest BCUT2D eigenvalue weighted by Gasteiger charge is 2.27. The molecule has 5 nitrogen and oxygen atoms in total. The summed E-state index contributed by atoms with van der Waals surface area (Å²) in [5.41, 5.74) is 9.75. The first-order valence-corrected chi connectivity index (χ1v) is 8.64. The van der Waals surface area contributed by atoms with E-state index in [1.54, 1.807) is 25.3 Å². The molecule has 1 amide bonds. The van der Waals surface area contributed by atoms with Crippen molar-refractivity contribution < 1.29 is 14.6 Å². The van der Waals surface area contributed by atoms with Gasteiger partial charge in [0, 0.05) is 10.9 Å². The first-order chi connectivity index (χ1) is 12.5. The van der Waals surface area contributed by atoms with Crippen LogP contribution in [-0.2, 0) is 11.2 Å². The average Bonchev–Trinajstić information content (AvgIpc) is 3.45. The van der Waals surface area contributed by atoms with Crippen molar-refractivity contribution in [2.24, 2.45) is 5.73 Å². The molecule has 1 heterocycles. The van der Waals surface area contributed by atoms with E-state index in [-0.39, 0.29) is 18.1 Å². The lowest BCUT2D eigenvalue weighted by Crippen LogP contribution is -2.13. The number of phenolic OH excluding ortho intramolecular Hbond substituents is 1. The van der Waals surface area contributed by atoms with Crippen LogP contribution in [0.4, 0.5) is 0 Å². The molecule has 5 heteroatoms. The highest BCUT2D eigenvalue weighted by molar-refractivity contribution is 5.88. The quantitative estimate of drug-likeness (QED) is 0.739. The number of primary amides is 1. The third kappa shape index (κ3) is 3.08. The summed E-state index contributed by atoms with van der Waals surface area (Å²) in [5, 5.41) is 11.0. The Bertz CT molecular complexity index is 1010. The van der Waals surface area contributed by atoms with E-state index in [1.165, 1.54) is 18.4 Å². The van der Waals surface area contributed by atoms with Crippen molar-refractivity contribution in [2.75, 3.05) is 7.11 Å². The van der Waals surface area contributed by atoms with Gasteiger partial charge in [-0.15, -0.1) is 0 Å². The highest BCUT2D eigenvalue weighted by Crippen LogP contribution is 2.45. The minimum absolute atomic E-state index is 0.165. The number of hydrogen-bond donors (Lipinski definition) is 2. The number of carbonyl (C=O) groups excluding carboxylic acids is 1. The molecule has 0 spiro atoms. The van der Waals surface area contributed by atoms with Crippen LogP contribution in [0.5, 0.6) is 11.5 Å². The molecule has 1 fully saturated rings. The number of benzene rings is 2. The molecule has 1 saturated carbocycles. The minimum Gasteiger partial charge on any atom is -0.508 e. The fourth-order valence-electron chi connectivity index (χ4n) is 3.38. The third-order valence-electron chi connectivity index (χ3n) is 4.76. The van der Waals surface area contributed by atoms with Gasteiger partial charge in [0.25, 0.3) is 0 Å². The molecule has 0 saturated heterocycles. The summed E-state index contributed by atoms with van der Waals surface area (Å²) < 4.78 is 5.45. The molecule has 2 aromatic carbocycles. The SMILES string of the molecule is COc1ccc(O)cc1-c1cc(C2CC2)c2ccc(CC(N)=O)cc2n1. The number of amides is 1. The van der Waals surface area contributed by atoms with Gasteiger partial charge in [-0.25, -0.2) is 4.98 Å². The van der Waals surface area contributed by atoms with Gasteiger partial charge in [0.05, 0.1) is 24.7 Å². The number of nitrogens with zero attached hydrogens (tertiary/aromatic N) is 1. The molecule has 1 aromatic heterocycles. The van der Waals surface area contributed by atoms with Gasteiger partial charge in [0.2, 0.25) is 5.91 Å². The molecule has 0 bridgehead atoms. The largest absolute Gasteiger partial charge is 0.508 e. The van der Waals surface area contributed by atoms with Gasteiger partial charge in [0.15, 0.2) is 0 Å². The van der Waals surface area contributed by atoms with E-state index in [1.807, 2.05) is 18.2 Å². The first-order valence-electron chi connectivity index (χ1n) is 8.64. The maximum Gasteiger partial charge on any atom is 0.221 e. The summed E-state index contributed by atoms with van der Waals surface area (Å²) in [5.74, 6) is 0.991. The highest BCUT2D eigenvalue weighted by atomic mass is 16.5. The monoisotopic (exact) mass is 348 g/mol. The molecule has 1 aliphatic rings. The second-order valence-corrected chi connectivity index (χ2v) is 6.75. The van der Waals surface area contributed by atoms with Crippen molar-refractivity contribution in [3.05, 3.63) is 53.6 Å². The van der Waals surface area contributed by atoms with Gasteiger partial charge in [0.1, 0.15) is 11.5 Å². The molecule has 0 unspecified atom stereocenters. The van der Waals surface area contributed by atoms with E-state index in [9.17, 15) is 9.90 Å². The summed E-state index contributed by atoms with van der Waals surface area (Å²) in [4.78, 5) is 16.0. The van der Waals surface area contributed by atoms with Crippen LogP contribution < -0.4 is 10.5 Å². The molecule has 4 rings (SSSR count). The Morgan fingerprint density at radius 1 is 1.23 bits per heavy atom. The van der Waals surface area contributed by atoms with E-state index in [0.717, 1.165) is 27.7 Å². The Hall–Kier alpha value is -3.08. The number of rotatable bonds is 5. The van der Waals surface area contributed by atoms with Gasteiger partial charge in [-0.3, -0.25) is 4.79 Å². The van der Waals surface area contributed by atoms with E-state index < -0.39 is 0 Å². The van der Waals surface area contributed by atoms with Crippen LogP contribution in [0.2, 0.25) is 0 Å². The number of hydrogen-bond acceptors (Lipinski definition) is 4. The zero-order valence-corrected chi connectivity index (χ0v) is 14.5. The van der Waals surface area contributed by atoms with Crippen molar-refractivity contribution in [3.63, 3.8) is 0 Å². The lowest BCUT2D eigenvalue weighted by Gasteiger charge is -2.13. The number of ether oxygens (including phenoxy) is 1. The fourth-order valence-corrected chi connectivity index (χ4v) is 3.38. The van der Waals surface area contributed by atoms with Crippen LogP contribution in [0.25, 0.3) is 22.2 Å². The summed E-state index contributed by atoms with van der Waals surface area (Å²) in [6.07, 6.45) is 2.52. The number of carbonyl (C=O) groups is 1. The topological polar surface area (TPSA) is 85.4 Å². The van der Waals surface area contributed by atoms with Gasteiger partial charge >= 0.3 is 0 Å². The van der Waals surface area contributed by atoms with Crippen molar-refractivity contribution in [1.82, 2.24) is 4.98 Å². The zero-order chi connectivity index (χ0) is 18.3. The first kappa shape index (κ1) is 16.4. The molecular formula is C21H20N2O3. The molecule has 0 aliphatic heterocycles. The van der Waals surface area contributed by atoms with Crippen molar-refractivity contribution >= 4 is 16.8 Å². The van der Waals surface area contributed by atoms with E-state index in [2.05, 4.69) is 6.07 Å². The summed E-state index contributed by atoms with van der Waals surface area (Å²) in [6.45, 7) is 0. The standard InChI is InChI=1S/C21H20N2O3/c1-26-20-7-5-14(24)10-17(20)19-11-16(13-3-4-13)15-6-2-12(9-21(22)25)8-18(15)23-19/h2,5-8,10-11,13,24H,3-4,9H2,1H3,(H2,22,25). The van der Waals surface area contributed by atoms with Crippen LogP contribution in [0.3, 0.4) is 0 Å². The molecule has 3 aromatic rings. The van der Waals surface area contributed by atoms with Crippen LogP contribution in [0.1, 0.15) is 29.9 Å². The minimum atomic E-state index is -0.363. The van der Waals surface area contributed by atoms with Crippen molar-refractivity contribution in [2.45, 2.75) is 25.2 Å². The van der Waals surface area contributed by atoms with E-state index in [4.69, 9.17) is 15.5 Å². The zero-order valence-electron chi connectivity index (χ0n) is 14.5. The van der Waals surface area contributed by atoms with E-state index >= 15 is 0 Å². The van der Waals surface area contributed by atoms with Gasteiger partial charge < -0.3 is 15.6 Å². The maximum atomic E-state index is 11.3. The van der Waals surface area contributed by atoms with Crippen molar-refractivity contribution in [3.8, 4) is 22.8 Å². The number of aromatic nitrogens is 1. The van der Waals surface area contributed by atoms with Crippen LogP contribution >= 0.6 is 0 Å². The molecule has 0 atom stereocenters. The van der Waals surface area contributed by atoms with Crippen LogP contribution in [0, 0.1) is 0 Å². The Labute approximate surface area is 151 Å². The number of aromatic hydroxyl groups is 1. The number of fused-ring (bicyclic) bond motifs is 1. The summed E-state index contributed by atoms with van der Waals surface area (Å²) in [6, 6.07) is 13.0. The number of pyridine rings is 1. The lowest BCUT2D eigenvalue weighted by molar-refractivity contribution is -0.117. The third-order valence-corrected chi connectivity index (χ3v) is 4.76. The molecule has 3 N–H and O–H groups in total. The maximum absolute atomic E-state index is 11.3. The Kier molecular flexibility index (Phi) is 3.99. The second-order valence-electron chi connectivity index (χ2n) is 6.75. The molecule has 0 radical (unpaired) electrons. The van der Waals surface area contributed by atoms with Gasteiger partial charge in [-0.05, 0) is 60.2 Å². The van der Waals surface area contributed by atoms with Gasteiger partial charge in [-0.1, -0.05) is 12.1 Å². The number of methoxy groups -OCH3 is 1. The summed E-state index contributed by atoms with van der Waals surface area (Å²) >= 11 is 0. The van der Waals surface area contributed by atoms with Crippen molar-refractivity contribution in [1.29, 1.82) is 0 Å². The van der Waals surface area contributed by atoms with Gasteiger partial charge in [-0.2, -0.15) is 0 Å². The van der Waals surface area contributed by atoms with Crippen LogP contribution in [-0.4, -0.2) is 23.1 Å². The second kappa shape index (κ2) is 6.33. The molecule has 26 heavy (non-hydrogen) atoms. The molecule has 1 aliphatic carbocycles. The van der Waals surface area contributed by atoms with E-state index in [0.29, 0.717) is 11.7 Å². The normalized spacial score (nSPS) is 13.7. The number of nitrogens with two attached hydrogens (primary N) is 1. The predicted molar refractivity (Wildman–Crippen MR) is 100 cm³/mol. The Morgan fingerprint density at radius 3 is 2.73 bits per heavy atom. The average molecular weight is 348 g/mol. The summed E-state index contributed by atoms with van der Waals surface area (Å²) in [7, 11) is 1.60. The fraction of sp³-hybridized carbons (Fsp3) is 0.238. The smallest absolute Gasteiger partial charge is 0.221 e. The molecular weight excluding hydrogens is 328 g/mol. The Morgan fingerprint density at radius 2 is 2.04 bits per heavy atom.